The van der Waals surface area contributed by atoms with E-state index in [1.165, 1.54) is 5.56 Å². The molecule has 1 saturated heterocycles. The lowest BCUT2D eigenvalue weighted by Crippen LogP contribution is -2.52. The zero-order valence-electron chi connectivity index (χ0n) is 11.6. The molecule has 3 N–H and O–H groups in total. The SMILES string of the molecule is Cc1nn(C)cc1C(CN)NN1CCN(C)CC1. The Morgan fingerprint density at radius 2 is 2.00 bits per heavy atom. The van der Waals surface area contributed by atoms with Gasteiger partial charge in [0.05, 0.1) is 11.7 Å². The largest absolute Gasteiger partial charge is 0.329 e. The van der Waals surface area contributed by atoms with Crippen molar-refractivity contribution in [3.63, 3.8) is 0 Å². The summed E-state index contributed by atoms with van der Waals surface area (Å²) in [6.07, 6.45) is 2.05. The number of nitrogens with zero attached hydrogens (tertiary/aromatic N) is 4. The maximum atomic E-state index is 5.89. The number of hydrogen-bond donors (Lipinski definition) is 2. The molecule has 1 aromatic heterocycles. The van der Waals surface area contributed by atoms with Gasteiger partial charge in [0.15, 0.2) is 0 Å². The van der Waals surface area contributed by atoms with Gasteiger partial charge in [-0.3, -0.25) is 4.68 Å². The first-order chi connectivity index (χ1) is 8.60. The molecule has 1 fully saturated rings. The van der Waals surface area contributed by atoms with Crippen molar-refractivity contribution in [3.05, 3.63) is 17.5 Å². The Kier molecular flexibility index (Phi) is 4.34. The average Bonchev–Trinajstić information content (AvgIpc) is 2.68. The van der Waals surface area contributed by atoms with Gasteiger partial charge in [-0.1, -0.05) is 0 Å². The van der Waals surface area contributed by atoms with Crippen molar-refractivity contribution in [2.24, 2.45) is 12.8 Å². The zero-order valence-corrected chi connectivity index (χ0v) is 11.6. The lowest BCUT2D eigenvalue weighted by Gasteiger charge is -2.35. The second-order valence-electron chi connectivity index (χ2n) is 5.05. The van der Waals surface area contributed by atoms with Crippen LogP contribution in [0.25, 0.3) is 0 Å². The Hall–Kier alpha value is -0.950. The van der Waals surface area contributed by atoms with Crippen LogP contribution in [-0.4, -0.2) is 59.5 Å². The van der Waals surface area contributed by atoms with E-state index in [1.54, 1.807) is 0 Å². The second-order valence-corrected chi connectivity index (χ2v) is 5.05. The first-order valence-corrected chi connectivity index (χ1v) is 6.50. The summed E-state index contributed by atoms with van der Waals surface area (Å²) in [5.41, 5.74) is 11.7. The highest BCUT2D eigenvalue weighted by molar-refractivity contribution is 5.20. The lowest BCUT2D eigenvalue weighted by atomic mass is 10.1. The highest BCUT2D eigenvalue weighted by Crippen LogP contribution is 2.16. The van der Waals surface area contributed by atoms with Crippen molar-refractivity contribution in [2.75, 3.05) is 39.8 Å². The van der Waals surface area contributed by atoms with Crippen molar-refractivity contribution < 1.29 is 0 Å². The van der Waals surface area contributed by atoms with Gasteiger partial charge in [-0.05, 0) is 14.0 Å². The van der Waals surface area contributed by atoms with Crippen LogP contribution in [0, 0.1) is 6.92 Å². The van der Waals surface area contributed by atoms with E-state index in [-0.39, 0.29) is 6.04 Å². The van der Waals surface area contributed by atoms with E-state index in [0.29, 0.717) is 6.54 Å². The number of rotatable bonds is 4. The summed E-state index contributed by atoms with van der Waals surface area (Å²) >= 11 is 0. The molecular weight excluding hydrogens is 228 g/mol. The normalized spacial score (nSPS) is 20.2. The topological polar surface area (TPSA) is 62.4 Å². The van der Waals surface area contributed by atoms with Crippen LogP contribution in [0.1, 0.15) is 17.3 Å². The van der Waals surface area contributed by atoms with Crippen LogP contribution >= 0.6 is 0 Å². The summed E-state index contributed by atoms with van der Waals surface area (Å²) < 4.78 is 1.85. The predicted octanol–water partition coefficient (Wildman–Crippen LogP) is -0.520. The third-order valence-corrected chi connectivity index (χ3v) is 3.50. The molecule has 0 aliphatic carbocycles. The summed E-state index contributed by atoms with van der Waals surface area (Å²) in [6.45, 7) is 6.87. The molecule has 0 radical (unpaired) electrons. The van der Waals surface area contributed by atoms with Crippen LogP contribution in [0.15, 0.2) is 6.20 Å². The fourth-order valence-corrected chi connectivity index (χ4v) is 2.37. The average molecular weight is 252 g/mol. The molecule has 1 unspecified atom stereocenters. The van der Waals surface area contributed by atoms with Crippen LogP contribution in [0.5, 0.6) is 0 Å². The first-order valence-electron chi connectivity index (χ1n) is 6.50. The molecule has 0 spiro atoms. The second kappa shape index (κ2) is 5.79. The Morgan fingerprint density at radius 3 is 2.50 bits per heavy atom. The van der Waals surface area contributed by atoms with Gasteiger partial charge < -0.3 is 10.6 Å². The van der Waals surface area contributed by atoms with Gasteiger partial charge in [0.2, 0.25) is 0 Å². The number of nitrogens with two attached hydrogens (primary N) is 1. The minimum absolute atomic E-state index is 0.155. The molecule has 102 valence electrons. The predicted molar refractivity (Wildman–Crippen MR) is 71.9 cm³/mol. The van der Waals surface area contributed by atoms with E-state index >= 15 is 0 Å². The number of piperazine rings is 1. The number of aromatic nitrogens is 2. The van der Waals surface area contributed by atoms with Gasteiger partial charge in [0.25, 0.3) is 0 Å². The smallest absolute Gasteiger partial charge is 0.0642 e. The van der Waals surface area contributed by atoms with E-state index in [9.17, 15) is 0 Å². The van der Waals surface area contributed by atoms with E-state index < -0.39 is 0 Å². The molecule has 0 aromatic carbocycles. The third-order valence-electron chi connectivity index (χ3n) is 3.50. The number of hydrazine groups is 1. The quantitative estimate of drug-likeness (QED) is 0.755. The fourth-order valence-electron chi connectivity index (χ4n) is 2.37. The number of likely N-dealkylation sites (N-methyl/N-ethyl adjacent to an activating group) is 1. The standard InChI is InChI=1S/C12H24N6/c1-10-11(9-17(3)14-10)12(8-13)15-18-6-4-16(2)5-7-18/h9,12,15H,4-8,13H2,1-3H3. The van der Waals surface area contributed by atoms with Crippen LogP contribution in [0.3, 0.4) is 0 Å². The Morgan fingerprint density at radius 1 is 1.33 bits per heavy atom. The summed E-state index contributed by atoms with van der Waals surface area (Å²) in [6, 6.07) is 0.155. The number of nitrogens with one attached hydrogen (secondary N) is 1. The molecule has 2 rings (SSSR count). The summed E-state index contributed by atoms with van der Waals surface area (Å²) in [5, 5.41) is 6.65. The summed E-state index contributed by atoms with van der Waals surface area (Å²) in [7, 11) is 4.10. The van der Waals surface area contributed by atoms with Crippen molar-refractivity contribution in [2.45, 2.75) is 13.0 Å². The molecule has 1 atom stereocenters. The molecule has 0 bridgehead atoms. The van der Waals surface area contributed by atoms with Crippen LogP contribution in [0.2, 0.25) is 0 Å². The molecule has 18 heavy (non-hydrogen) atoms. The number of aryl methyl sites for hydroxylation is 2. The molecule has 6 heteroatoms. The molecule has 1 aliphatic rings. The van der Waals surface area contributed by atoms with E-state index in [0.717, 1.165) is 31.9 Å². The van der Waals surface area contributed by atoms with Crippen LogP contribution in [0.4, 0.5) is 0 Å². The van der Waals surface area contributed by atoms with Crippen LogP contribution in [-0.2, 0) is 7.05 Å². The third kappa shape index (κ3) is 3.08. The van der Waals surface area contributed by atoms with Gasteiger partial charge in [0.1, 0.15) is 0 Å². The Labute approximate surface area is 109 Å². The summed E-state index contributed by atoms with van der Waals surface area (Å²) in [5.74, 6) is 0. The fraction of sp³-hybridized carbons (Fsp3) is 0.750. The van der Waals surface area contributed by atoms with Crippen molar-refractivity contribution >= 4 is 0 Å². The minimum Gasteiger partial charge on any atom is -0.329 e. The zero-order chi connectivity index (χ0) is 13.1. The molecule has 1 aromatic rings. The van der Waals surface area contributed by atoms with Crippen LogP contribution < -0.4 is 11.2 Å². The molecular formula is C12H24N6. The van der Waals surface area contributed by atoms with E-state index in [2.05, 4.69) is 33.7 Å². The maximum absolute atomic E-state index is 5.89. The minimum atomic E-state index is 0.155. The van der Waals surface area contributed by atoms with Gasteiger partial charge in [-0.25, -0.2) is 10.4 Å². The molecule has 0 saturated carbocycles. The van der Waals surface area contributed by atoms with E-state index in [1.807, 2.05) is 18.7 Å². The highest BCUT2D eigenvalue weighted by Gasteiger charge is 2.20. The van der Waals surface area contributed by atoms with Crippen molar-refractivity contribution in [1.29, 1.82) is 0 Å². The Bertz CT molecular complexity index is 380. The lowest BCUT2D eigenvalue weighted by molar-refractivity contribution is 0.0879. The molecule has 2 heterocycles. The van der Waals surface area contributed by atoms with Gasteiger partial charge in [0, 0.05) is 51.5 Å². The highest BCUT2D eigenvalue weighted by atomic mass is 15.5. The van der Waals surface area contributed by atoms with E-state index in [4.69, 9.17) is 5.73 Å². The maximum Gasteiger partial charge on any atom is 0.0642 e. The Balaban J connectivity index is 1.99. The molecule has 1 aliphatic heterocycles. The van der Waals surface area contributed by atoms with Gasteiger partial charge in [-0.15, -0.1) is 0 Å². The van der Waals surface area contributed by atoms with Gasteiger partial charge in [-0.2, -0.15) is 5.10 Å². The van der Waals surface area contributed by atoms with Crippen molar-refractivity contribution in [3.8, 4) is 0 Å². The van der Waals surface area contributed by atoms with Crippen molar-refractivity contribution in [1.82, 2.24) is 25.1 Å². The monoisotopic (exact) mass is 252 g/mol. The summed E-state index contributed by atoms with van der Waals surface area (Å²) in [4.78, 5) is 2.34. The van der Waals surface area contributed by atoms with Gasteiger partial charge >= 0.3 is 0 Å². The number of hydrogen-bond acceptors (Lipinski definition) is 5. The molecule has 6 nitrogen and oxygen atoms in total. The molecule has 0 amide bonds. The first kappa shape index (κ1) is 13.5.